The molecule has 2 aromatic rings. The second kappa shape index (κ2) is 6.94. The fourth-order valence-corrected chi connectivity index (χ4v) is 2.78. The van der Waals surface area contributed by atoms with Crippen LogP contribution in [0.3, 0.4) is 0 Å². The molecule has 2 heterocycles. The average Bonchev–Trinajstić information content (AvgIpc) is 3.20. The summed E-state index contributed by atoms with van der Waals surface area (Å²) in [4.78, 5) is 16.3. The monoisotopic (exact) mass is 319 g/mol. The molecule has 6 heteroatoms. The molecule has 1 aliphatic heterocycles. The third-order valence-electron chi connectivity index (χ3n) is 3.75. The quantitative estimate of drug-likeness (QED) is 0.889. The van der Waals surface area contributed by atoms with Gasteiger partial charge in [-0.1, -0.05) is 29.8 Å². The molecule has 1 amide bonds. The number of carbonyl (C=O) groups excluding carboxylic acids is 1. The number of nitrogens with one attached hydrogen (secondary N) is 2. The topological polar surface area (TPSA) is 67.2 Å². The second-order valence-corrected chi connectivity index (χ2v) is 5.72. The van der Waals surface area contributed by atoms with E-state index in [1.54, 1.807) is 0 Å². The van der Waals surface area contributed by atoms with Crippen molar-refractivity contribution < 1.29 is 9.21 Å². The molecular formula is C16H18ClN3O2. The number of rotatable bonds is 5. The second-order valence-electron chi connectivity index (χ2n) is 5.32. The van der Waals surface area contributed by atoms with Crippen LogP contribution in [0.15, 0.2) is 34.9 Å². The van der Waals surface area contributed by atoms with Gasteiger partial charge < -0.3 is 15.1 Å². The lowest BCUT2D eigenvalue weighted by Crippen LogP contribution is -2.26. The van der Waals surface area contributed by atoms with Gasteiger partial charge in [-0.15, -0.1) is 0 Å². The molecule has 2 N–H and O–H groups in total. The minimum atomic E-state index is -0.222. The molecular weight excluding hydrogens is 302 g/mol. The van der Waals surface area contributed by atoms with Crippen molar-refractivity contribution in [2.24, 2.45) is 0 Å². The predicted octanol–water partition coefficient (Wildman–Crippen LogP) is 2.73. The smallest absolute Gasteiger partial charge is 0.273 e. The summed E-state index contributed by atoms with van der Waals surface area (Å²) in [6.07, 6.45) is 4.20. The molecule has 1 aromatic heterocycles. The predicted molar refractivity (Wildman–Crippen MR) is 84.0 cm³/mol. The van der Waals surface area contributed by atoms with E-state index in [4.69, 9.17) is 16.0 Å². The summed E-state index contributed by atoms with van der Waals surface area (Å²) in [5.41, 5.74) is 1.34. The summed E-state index contributed by atoms with van der Waals surface area (Å²) in [5.74, 6) is 0.369. The molecule has 1 saturated heterocycles. The Labute approximate surface area is 134 Å². The van der Waals surface area contributed by atoms with Gasteiger partial charge in [-0.2, -0.15) is 0 Å². The molecule has 22 heavy (non-hydrogen) atoms. The highest BCUT2D eigenvalue weighted by Gasteiger charge is 2.22. The Morgan fingerprint density at radius 1 is 1.45 bits per heavy atom. The zero-order valence-electron chi connectivity index (χ0n) is 12.1. The van der Waals surface area contributed by atoms with Crippen LogP contribution in [0.2, 0.25) is 5.02 Å². The molecule has 1 atom stereocenters. The molecule has 3 rings (SSSR count). The van der Waals surface area contributed by atoms with E-state index in [0.29, 0.717) is 29.6 Å². The first-order valence-corrected chi connectivity index (χ1v) is 7.82. The van der Waals surface area contributed by atoms with E-state index in [-0.39, 0.29) is 11.9 Å². The number of carbonyl (C=O) groups is 1. The van der Waals surface area contributed by atoms with Gasteiger partial charge in [0.1, 0.15) is 6.26 Å². The van der Waals surface area contributed by atoms with Crippen LogP contribution in [-0.2, 0) is 6.42 Å². The maximum Gasteiger partial charge on any atom is 0.273 e. The maximum absolute atomic E-state index is 12.1. The first-order chi connectivity index (χ1) is 10.7. The highest BCUT2D eigenvalue weighted by molar-refractivity contribution is 6.31. The Hall–Kier alpha value is -1.85. The van der Waals surface area contributed by atoms with Gasteiger partial charge in [0, 0.05) is 11.6 Å². The molecule has 1 unspecified atom stereocenters. The van der Waals surface area contributed by atoms with Crippen LogP contribution in [0.25, 0.3) is 0 Å². The third-order valence-corrected chi connectivity index (χ3v) is 4.12. The molecule has 1 aromatic carbocycles. The third kappa shape index (κ3) is 3.48. The summed E-state index contributed by atoms with van der Waals surface area (Å²) in [5, 5.41) is 6.85. The summed E-state index contributed by atoms with van der Waals surface area (Å²) in [7, 11) is 0. The van der Waals surface area contributed by atoms with Crippen LogP contribution in [0, 0.1) is 0 Å². The van der Waals surface area contributed by atoms with Crippen LogP contribution in [0.5, 0.6) is 0 Å². The minimum Gasteiger partial charge on any atom is -0.446 e. The zero-order valence-corrected chi connectivity index (χ0v) is 12.9. The van der Waals surface area contributed by atoms with Crippen molar-refractivity contribution in [1.29, 1.82) is 0 Å². The van der Waals surface area contributed by atoms with E-state index in [0.717, 1.165) is 24.9 Å². The lowest BCUT2D eigenvalue weighted by molar-refractivity contribution is 0.0949. The Bertz CT molecular complexity index is 650. The zero-order chi connectivity index (χ0) is 15.4. The number of hydrogen-bond donors (Lipinski definition) is 2. The highest BCUT2D eigenvalue weighted by atomic mass is 35.5. The Kier molecular flexibility index (Phi) is 4.75. The van der Waals surface area contributed by atoms with Gasteiger partial charge in [0.25, 0.3) is 5.91 Å². The normalized spacial score (nSPS) is 17.6. The van der Waals surface area contributed by atoms with Gasteiger partial charge in [0.2, 0.25) is 5.89 Å². The summed E-state index contributed by atoms with van der Waals surface area (Å²) >= 11 is 6.09. The van der Waals surface area contributed by atoms with Crippen molar-refractivity contribution in [2.45, 2.75) is 25.3 Å². The van der Waals surface area contributed by atoms with Crippen LogP contribution in [-0.4, -0.2) is 24.0 Å². The number of oxazole rings is 1. The summed E-state index contributed by atoms with van der Waals surface area (Å²) in [6, 6.07) is 7.75. The van der Waals surface area contributed by atoms with E-state index in [9.17, 15) is 4.79 Å². The number of hydrogen-bond acceptors (Lipinski definition) is 4. The fourth-order valence-electron chi connectivity index (χ4n) is 2.55. The van der Waals surface area contributed by atoms with Crippen molar-refractivity contribution in [3.05, 3.63) is 52.7 Å². The fraction of sp³-hybridized carbons (Fsp3) is 0.375. The molecule has 0 saturated carbocycles. The minimum absolute atomic E-state index is 0.129. The van der Waals surface area contributed by atoms with E-state index in [1.165, 1.54) is 6.26 Å². The van der Waals surface area contributed by atoms with Crippen molar-refractivity contribution >= 4 is 17.5 Å². The van der Waals surface area contributed by atoms with Gasteiger partial charge >= 0.3 is 0 Å². The lowest BCUT2D eigenvalue weighted by atomic mass is 10.1. The Morgan fingerprint density at radius 3 is 3.09 bits per heavy atom. The Balaban J connectivity index is 1.53. The lowest BCUT2D eigenvalue weighted by Gasteiger charge is -2.05. The summed E-state index contributed by atoms with van der Waals surface area (Å²) in [6.45, 7) is 1.47. The highest BCUT2D eigenvalue weighted by Crippen LogP contribution is 2.22. The van der Waals surface area contributed by atoms with E-state index < -0.39 is 0 Å². The number of nitrogens with zero attached hydrogens (tertiary/aromatic N) is 1. The standard InChI is InChI=1S/C16H18ClN3O2/c17-12-5-2-1-4-11(12)7-9-19-15(21)14-10-22-16(20-14)13-6-3-8-18-13/h1-2,4-5,10,13,18H,3,6-9H2,(H,19,21). The van der Waals surface area contributed by atoms with E-state index in [1.807, 2.05) is 24.3 Å². The molecule has 0 aliphatic carbocycles. The van der Waals surface area contributed by atoms with Crippen LogP contribution < -0.4 is 10.6 Å². The summed E-state index contributed by atoms with van der Waals surface area (Å²) < 4.78 is 5.40. The molecule has 1 aliphatic rings. The van der Waals surface area contributed by atoms with Gasteiger partial charge in [-0.3, -0.25) is 4.79 Å². The van der Waals surface area contributed by atoms with E-state index in [2.05, 4.69) is 15.6 Å². The molecule has 1 fully saturated rings. The first-order valence-electron chi connectivity index (χ1n) is 7.44. The van der Waals surface area contributed by atoms with Crippen molar-refractivity contribution in [3.63, 3.8) is 0 Å². The number of aromatic nitrogens is 1. The van der Waals surface area contributed by atoms with E-state index >= 15 is 0 Å². The molecule has 116 valence electrons. The SMILES string of the molecule is O=C(NCCc1ccccc1Cl)c1coc(C2CCCN2)n1. The number of halogens is 1. The van der Waals surface area contributed by atoms with Gasteiger partial charge in [0.15, 0.2) is 5.69 Å². The van der Waals surface area contributed by atoms with Crippen LogP contribution in [0.4, 0.5) is 0 Å². The average molecular weight is 320 g/mol. The van der Waals surface area contributed by atoms with Crippen molar-refractivity contribution in [1.82, 2.24) is 15.6 Å². The maximum atomic E-state index is 12.1. The van der Waals surface area contributed by atoms with Gasteiger partial charge in [-0.25, -0.2) is 4.98 Å². The molecule has 0 bridgehead atoms. The van der Waals surface area contributed by atoms with Crippen LogP contribution in [0.1, 0.15) is 40.8 Å². The first kappa shape index (κ1) is 15.1. The van der Waals surface area contributed by atoms with Gasteiger partial charge in [-0.05, 0) is 37.4 Å². The van der Waals surface area contributed by atoms with Crippen molar-refractivity contribution in [3.8, 4) is 0 Å². The number of benzene rings is 1. The largest absolute Gasteiger partial charge is 0.446 e. The van der Waals surface area contributed by atoms with Crippen LogP contribution >= 0.6 is 11.6 Å². The Morgan fingerprint density at radius 2 is 2.32 bits per heavy atom. The molecule has 0 spiro atoms. The van der Waals surface area contributed by atoms with Gasteiger partial charge in [0.05, 0.1) is 6.04 Å². The molecule has 5 nitrogen and oxygen atoms in total. The number of amides is 1. The molecule has 0 radical (unpaired) electrons. The van der Waals surface area contributed by atoms with Crippen molar-refractivity contribution in [2.75, 3.05) is 13.1 Å².